The van der Waals surface area contributed by atoms with Crippen molar-refractivity contribution in [3.8, 4) is 0 Å². The molecule has 3 unspecified atom stereocenters. The molecule has 4 aliphatic carbocycles. The van der Waals surface area contributed by atoms with Crippen LogP contribution in [0.2, 0.25) is 0 Å². The number of rotatable bonds is 6. The van der Waals surface area contributed by atoms with E-state index >= 15 is 0 Å². The fourth-order valence-electron chi connectivity index (χ4n) is 9.65. The van der Waals surface area contributed by atoms with E-state index in [1.807, 2.05) is 0 Å². The Morgan fingerprint density at radius 1 is 0.969 bits per heavy atom. The summed E-state index contributed by atoms with van der Waals surface area (Å²) in [5, 5.41) is 0. The number of fused-ring (bicyclic) bond motifs is 5. The Hall–Kier alpha value is -0.570. The van der Waals surface area contributed by atoms with Gasteiger partial charge in [0.1, 0.15) is 6.10 Å². The maximum Gasteiger partial charge on any atom is 0.302 e. The van der Waals surface area contributed by atoms with Gasteiger partial charge in [-0.05, 0) is 104 Å². The molecule has 4 aliphatic rings. The quantitative estimate of drug-likeness (QED) is 0.449. The number of carbonyl (C=O) groups is 1. The highest BCUT2D eigenvalue weighted by Gasteiger charge is 2.62. The van der Waals surface area contributed by atoms with E-state index < -0.39 is 0 Å². The fraction of sp³-hybridized carbons (Fsp3) is 0.966. The van der Waals surface area contributed by atoms with E-state index in [2.05, 4.69) is 34.6 Å². The molecule has 10 atom stereocenters. The molecule has 0 radical (unpaired) electrons. The molecule has 32 heavy (non-hydrogen) atoms. The van der Waals surface area contributed by atoms with Gasteiger partial charge >= 0.3 is 5.97 Å². The van der Waals surface area contributed by atoms with Gasteiger partial charge in [0.05, 0.1) is 0 Å². The lowest BCUT2D eigenvalue weighted by Gasteiger charge is -2.63. The maximum absolute atomic E-state index is 11.5. The first-order valence-electron chi connectivity index (χ1n) is 14.0. The average molecular weight is 446 g/mol. The zero-order chi connectivity index (χ0) is 23.3. The molecule has 0 aromatic carbocycles. The van der Waals surface area contributed by atoms with Gasteiger partial charge < -0.3 is 10.5 Å². The Balaban J connectivity index is 1.48. The number of carbonyl (C=O) groups excluding carboxylic acids is 1. The minimum atomic E-state index is -0.121. The number of esters is 1. The van der Waals surface area contributed by atoms with Gasteiger partial charge in [0.2, 0.25) is 0 Å². The molecular weight excluding hydrogens is 394 g/mol. The van der Waals surface area contributed by atoms with E-state index in [0.717, 1.165) is 48.9 Å². The van der Waals surface area contributed by atoms with Crippen molar-refractivity contribution in [2.24, 2.45) is 58.0 Å². The van der Waals surface area contributed by atoms with Gasteiger partial charge in [-0.25, -0.2) is 0 Å². The van der Waals surface area contributed by atoms with Gasteiger partial charge in [0, 0.05) is 13.0 Å². The van der Waals surface area contributed by atoms with Gasteiger partial charge in [-0.3, -0.25) is 4.79 Å². The van der Waals surface area contributed by atoms with Gasteiger partial charge in [-0.15, -0.1) is 0 Å². The zero-order valence-electron chi connectivity index (χ0n) is 21.9. The largest absolute Gasteiger partial charge is 0.463 e. The van der Waals surface area contributed by atoms with Gasteiger partial charge in [-0.2, -0.15) is 0 Å². The Morgan fingerprint density at radius 3 is 2.34 bits per heavy atom. The summed E-state index contributed by atoms with van der Waals surface area (Å²) < 4.78 is 5.65. The predicted octanol–water partition coefficient (Wildman–Crippen LogP) is 6.98. The van der Waals surface area contributed by atoms with E-state index in [-0.39, 0.29) is 12.1 Å². The summed E-state index contributed by atoms with van der Waals surface area (Å²) in [5.41, 5.74) is 7.93. The van der Waals surface area contributed by atoms with Gasteiger partial charge in [0.25, 0.3) is 0 Å². The maximum atomic E-state index is 11.5. The van der Waals surface area contributed by atoms with Crippen LogP contribution in [-0.4, -0.2) is 18.1 Å². The number of hydrogen-bond acceptors (Lipinski definition) is 3. The third kappa shape index (κ3) is 4.29. The zero-order valence-corrected chi connectivity index (χ0v) is 21.9. The average Bonchev–Trinajstić information content (AvgIpc) is 3.05. The molecular formula is C29H51NO2. The normalized spacial score (nSPS) is 46.8. The third-order valence-corrected chi connectivity index (χ3v) is 11.2. The first-order valence-corrected chi connectivity index (χ1v) is 14.0. The first-order chi connectivity index (χ1) is 15.1. The van der Waals surface area contributed by atoms with Crippen LogP contribution in [0.1, 0.15) is 112 Å². The van der Waals surface area contributed by atoms with E-state index in [1.165, 1.54) is 51.4 Å². The van der Waals surface area contributed by atoms with Crippen LogP contribution in [0.3, 0.4) is 0 Å². The summed E-state index contributed by atoms with van der Waals surface area (Å²) in [6, 6.07) is 0.328. The van der Waals surface area contributed by atoms with Crippen LogP contribution < -0.4 is 5.73 Å². The van der Waals surface area contributed by atoms with Crippen LogP contribution in [0.15, 0.2) is 0 Å². The van der Waals surface area contributed by atoms with E-state index in [0.29, 0.717) is 28.7 Å². The van der Waals surface area contributed by atoms with Crippen molar-refractivity contribution in [3.05, 3.63) is 0 Å². The molecule has 3 nitrogen and oxygen atoms in total. The molecule has 184 valence electrons. The molecule has 0 aromatic heterocycles. The number of ether oxygens (including phenoxy) is 1. The summed E-state index contributed by atoms with van der Waals surface area (Å²) in [6.45, 7) is 14.1. The summed E-state index contributed by atoms with van der Waals surface area (Å²) in [5.74, 6) is 5.35. The summed E-state index contributed by atoms with van der Waals surface area (Å²) in [7, 11) is 0. The molecule has 0 saturated heterocycles. The highest BCUT2D eigenvalue weighted by atomic mass is 16.5. The van der Waals surface area contributed by atoms with E-state index in [9.17, 15) is 4.79 Å². The topological polar surface area (TPSA) is 52.3 Å². The molecule has 2 N–H and O–H groups in total. The van der Waals surface area contributed by atoms with Gasteiger partial charge in [-0.1, -0.05) is 53.9 Å². The van der Waals surface area contributed by atoms with Crippen molar-refractivity contribution in [2.75, 3.05) is 0 Å². The number of nitrogens with two attached hydrogens (primary N) is 1. The van der Waals surface area contributed by atoms with Crippen molar-refractivity contribution in [3.63, 3.8) is 0 Å². The standard InChI is InChI=1S/C29H51NO2/c1-18(2)8-7-9-19(3)23-10-11-24-27-25(13-15-29(23,24)6)28(5)14-12-22(32-20(4)31)16-21(28)17-26(27)30/h18-19,21-27H,7-17,30H2,1-6H3/t19-,21?,22?,23-,24+,25+,26?,27+,28+,29-/m1/s1. The second-order valence-electron chi connectivity index (χ2n) is 13.4. The van der Waals surface area contributed by atoms with Crippen molar-refractivity contribution in [1.29, 1.82) is 0 Å². The predicted molar refractivity (Wildman–Crippen MR) is 132 cm³/mol. The fourth-order valence-corrected chi connectivity index (χ4v) is 9.65. The van der Waals surface area contributed by atoms with Crippen molar-refractivity contribution >= 4 is 5.97 Å². The van der Waals surface area contributed by atoms with Crippen molar-refractivity contribution < 1.29 is 9.53 Å². The lowest BCUT2D eigenvalue weighted by molar-refractivity contribution is -0.162. The van der Waals surface area contributed by atoms with Crippen LogP contribution in [-0.2, 0) is 9.53 Å². The molecule has 4 saturated carbocycles. The second-order valence-corrected chi connectivity index (χ2v) is 13.4. The van der Waals surface area contributed by atoms with Gasteiger partial charge in [0.15, 0.2) is 0 Å². The lowest BCUT2D eigenvalue weighted by atomic mass is 9.43. The monoisotopic (exact) mass is 445 g/mol. The first kappa shape index (κ1) is 24.6. The van der Waals surface area contributed by atoms with E-state index in [1.54, 1.807) is 6.92 Å². The summed E-state index contributed by atoms with van der Waals surface area (Å²) >= 11 is 0. The highest BCUT2D eigenvalue weighted by Crippen LogP contribution is 2.68. The Morgan fingerprint density at radius 2 is 1.66 bits per heavy atom. The second kappa shape index (κ2) is 9.23. The SMILES string of the molecule is CC(=O)OC1CC[C@@]2(C)C(C1)CC(N)[C@H]1[C@@H]3CC[C@H]([C@H](C)CCCC(C)C)[C@@]3(C)CC[C@@H]12. The Kier molecular flexibility index (Phi) is 7.08. The molecule has 3 heteroatoms. The molecule has 0 aromatic rings. The highest BCUT2D eigenvalue weighted by molar-refractivity contribution is 5.66. The summed E-state index contributed by atoms with van der Waals surface area (Å²) in [6.07, 6.45) is 14.3. The molecule has 0 spiro atoms. The minimum absolute atomic E-state index is 0.116. The van der Waals surface area contributed by atoms with Crippen LogP contribution in [0, 0.1) is 52.3 Å². The summed E-state index contributed by atoms with van der Waals surface area (Å²) in [4.78, 5) is 11.5. The van der Waals surface area contributed by atoms with Crippen LogP contribution >= 0.6 is 0 Å². The third-order valence-electron chi connectivity index (χ3n) is 11.2. The van der Waals surface area contributed by atoms with E-state index in [4.69, 9.17) is 10.5 Å². The number of hydrogen-bond donors (Lipinski definition) is 1. The molecule has 0 amide bonds. The smallest absolute Gasteiger partial charge is 0.302 e. The molecule has 0 aliphatic heterocycles. The molecule has 4 rings (SSSR count). The molecule has 0 heterocycles. The van der Waals surface area contributed by atoms with Crippen molar-refractivity contribution in [2.45, 2.75) is 124 Å². The lowest BCUT2D eigenvalue weighted by Crippen LogP contribution is -2.60. The Bertz CT molecular complexity index is 676. The van der Waals surface area contributed by atoms with Crippen LogP contribution in [0.4, 0.5) is 0 Å². The molecule has 4 fully saturated rings. The van der Waals surface area contributed by atoms with Crippen LogP contribution in [0.5, 0.6) is 0 Å². The minimum Gasteiger partial charge on any atom is -0.463 e. The molecule has 0 bridgehead atoms. The van der Waals surface area contributed by atoms with Crippen LogP contribution in [0.25, 0.3) is 0 Å². The van der Waals surface area contributed by atoms with Crippen molar-refractivity contribution in [1.82, 2.24) is 0 Å². The Labute approximate surface area is 198 Å².